The Labute approximate surface area is 276 Å². The Morgan fingerprint density at radius 1 is 1.09 bits per heavy atom. The molecule has 2 heterocycles. The summed E-state index contributed by atoms with van der Waals surface area (Å²) in [5.41, 5.74) is 8.47. The molecule has 0 radical (unpaired) electrons. The van der Waals surface area contributed by atoms with Crippen molar-refractivity contribution in [3.8, 4) is 11.4 Å². The molecule has 46 heavy (non-hydrogen) atoms. The van der Waals surface area contributed by atoms with Crippen LogP contribution in [0.1, 0.15) is 64.4 Å². The molecular weight excluding hydrogens is 705 g/mol. The quantitative estimate of drug-likeness (QED) is 0.187. The smallest absolute Gasteiger partial charge is 0.335 e. The van der Waals surface area contributed by atoms with E-state index in [9.17, 15) is 26.7 Å². The monoisotopic (exact) mass is 737 g/mol. The summed E-state index contributed by atoms with van der Waals surface area (Å²) in [5.74, 6) is -0.888. The Hall–Kier alpha value is -3.63. The molecule has 1 aliphatic heterocycles. The maximum absolute atomic E-state index is 13.6. The zero-order valence-electron chi connectivity index (χ0n) is 25.5. The van der Waals surface area contributed by atoms with E-state index in [0.717, 1.165) is 15.7 Å². The molecule has 1 aromatic heterocycles. The predicted octanol–water partition coefficient (Wildman–Crippen LogP) is 6.61. The molecule has 2 aromatic carbocycles. The van der Waals surface area contributed by atoms with Gasteiger partial charge in [0.15, 0.2) is 17.8 Å². The average Bonchev–Trinajstić information content (AvgIpc) is 3.55. The van der Waals surface area contributed by atoms with Crippen LogP contribution in [-0.2, 0) is 14.3 Å². The number of halogens is 7. The molecular formula is C29H34BrClF5N7O3. The fourth-order valence-corrected chi connectivity index (χ4v) is 4.32. The number of carbonyl (C=O) groups is 2. The van der Waals surface area contributed by atoms with E-state index >= 15 is 0 Å². The first-order chi connectivity index (χ1) is 21.3. The molecule has 17 heteroatoms. The lowest BCUT2D eigenvalue weighted by atomic mass is 10.0. The number of hydrogen-bond donors (Lipinski definition) is 2. The standard InChI is InChI=1S/C24H22BrClF4N6O2.C4H9F.CH3NO/c1-24(2,21(27)28)38-10-17(35-20(37)18(34-23(35)31)12-3-6-14(25)7-4-12)13-5-8-16(26)15(9-13)19-32-11-33-36(19)22(29)30;1-4(2,3)5;2-1-3/h3-9,11,17-18,21-22H,10H2,1-2H3,(H2,31,34);1-3H3;1H,(H2,2,3). The third-order valence-electron chi connectivity index (χ3n) is 5.99. The number of benzene rings is 2. The Bertz CT molecular complexity index is 1500. The number of aliphatic imine (C=N–C) groups is 1. The van der Waals surface area contributed by atoms with Gasteiger partial charge in [-0.3, -0.25) is 14.5 Å². The number of ether oxygens (including phenoxy) is 1. The summed E-state index contributed by atoms with van der Waals surface area (Å²) in [6, 6.07) is 9.23. The van der Waals surface area contributed by atoms with E-state index in [1.54, 1.807) is 24.3 Å². The molecule has 3 aromatic rings. The summed E-state index contributed by atoms with van der Waals surface area (Å²) in [4.78, 5) is 31.5. The highest BCUT2D eigenvalue weighted by molar-refractivity contribution is 9.10. The highest BCUT2D eigenvalue weighted by Crippen LogP contribution is 2.37. The van der Waals surface area contributed by atoms with Gasteiger partial charge in [0.25, 0.3) is 12.3 Å². The number of alkyl halides is 5. The van der Waals surface area contributed by atoms with Crippen LogP contribution >= 0.6 is 27.5 Å². The topological polar surface area (TPSA) is 142 Å². The van der Waals surface area contributed by atoms with Gasteiger partial charge in [-0.1, -0.05) is 45.7 Å². The molecule has 252 valence electrons. The summed E-state index contributed by atoms with van der Waals surface area (Å²) in [5, 5.41) is 3.61. The van der Waals surface area contributed by atoms with Gasteiger partial charge in [0.2, 0.25) is 6.41 Å². The molecule has 0 aliphatic carbocycles. The molecule has 0 saturated heterocycles. The fourth-order valence-electron chi connectivity index (χ4n) is 3.85. The number of amides is 2. The molecule has 2 unspecified atom stereocenters. The molecule has 0 fully saturated rings. The number of carbonyl (C=O) groups excluding carboxylic acids is 2. The minimum absolute atomic E-state index is 0.0818. The Morgan fingerprint density at radius 3 is 2.17 bits per heavy atom. The highest BCUT2D eigenvalue weighted by atomic mass is 79.9. The van der Waals surface area contributed by atoms with Gasteiger partial charge in [0, 0.05) is 10.0 Å². The Balaban J connectivity index is 0.000000825. The minimum atomic E-state index is -2.99. The van der Waals surface area contributed by atoms with E-state index in [0.29, 0.717) is 15.8 Å². The van der Waals surface area contributed by atoms with Crippen molar-refractivity contribution in [1.29, 1.82) is 0 Å². The van der Waals surface area contributed by atoms with E-state index < -0.39 is 48.8 Å². The van der Waals surface area contributed by atoms with Gasteiger partial charge in [-0.2, -0.15) is 18.6 Å². The second kappa shape index (κ2) is 16.3. The minimum Gasteiger partial charge on any atom is -0.372 e. The van der Waals surface area contributed by atoms with Crippen molar-refractivity contribution in [2.75, 3.05) is 6.61 Å². The first-order valence-corrected chi connectivity index (χ1v) is 14.6. The van der Waals surface area contributed by atoms with Crippen LogP contribution in [0.15, 0.2) is 58.3 Å². The van der Waals surface area contributed by atoms with Gasteiger partial charge in [-0.15, -0.1) is 0 Å². The number of hydrogen-bond acceptors (Lipinski definition) is 7. The molecule has 2 amide bonds. The van der Waals surface area contributed by atoms with Crippen molar-refractivity contribution in [3.63, 3.8) is 0 Å². The number of guanidine groups is 1. The van der Waals surface area contributed by atoms with Gasteiger partial charge in [0.05, 0.1) is 17.7 Å². The Kier molecular flexibility index (Phi) is 13.6. The van der Waals surface area contributed by atoms with E-state index in [1.165, 1.54) is 52.8 Å². The summed E-state index contributed by atoms with van der Waals surface area (Å²) in [7, 11) is 0. The number of aromatic nitrogens is 3. The average molecular weight is 739 g/mol. The summed E-state index contributed by atoms with van der Waals surface area (Å²) < 4.78 is 72.5. The van der Waals surface area contributed by atoms with Crippen LogP contribution in [0.3, 0.4) is 0 Å². The summed E-state index contributed by atoms with van der Waals surface area (Å²) >= 11 is 9.64. The maximum atomic E-state index is 13.6. The van der Waals surface area contributed by atoms with Gasteiger partial charge in [-0.25, -0.2) is 23.1 Å². The van der Waals surface area contributed by atoms with Crippen molar-refractivity contribution in [1.82, 2.24) is 19.7 Å². The number of rotatable bonds is 9. The molecule has 10 nitrogen and oxygen atoms in total. The number of primary amides is 1. The van der Waals surface area contributed by atoms with Crippen LogP contribution in [-0.4, -0.2) is 62.2 Å². The molecule has 2 atom stereocenters. The highest BCUT2D eigenvalue weighted by Gasteiger charge is 2.41. The van der Waals surface area contributed by atoms with Crippen molar-refractivity contribution >= 4 is 45.8 Å². The van der Waals surface area contributed by atoms with Gasteiger partial charge in [-0.05, 0) is 70.0 Å². The van der Waals surface area contributed by atoms with Crippen molar-refractivity contribution in [3.05, 3.63) is 69.4 Å². The first-order valence-electron chi connectivity index (χ1n) is 13.5. The second-order valence-corrected chi connectivity index (χ2v) is 12.5. The van der Waals surface area contributed by atoms with Gasteiger partial charge in [0.1, 0.15) is 17.6 Å². The first kappa shape index (κ1) is 38.6. The maximum Gasteiger partial charge on any atom is 0.335 e. The largest absolute Gasteiger partial charge is 0.372 e. The number of nitrogens with zero attached hydrogens (tertiary/aromatic N) is 5. The Morgan fingerprint density at radius 2 is 1.65 bits per heavy atom. The lowest BCUT2D eigenvalue weighted by molar-refractivity contribution is -0.140. The van der Waals surface area contributed by atoms with Crippen LogP contribution in [0, 0.1) is 0 Å². The van der Waals surface area contributed by atoms with Gasteiger partial charge < -0.3 is 16.2 Å². The van der Waals surface area contributed by atoms with Crippen molar-refractivity contribution in [2.24, 2.45) is 16.5 Å². The summed E-state index contributed by atoms with van der Waals surface area (Å²) in [6.45, 7) is 3.58. The zero-order valence-corrected chi connectivity index (χ0v) is 27.8. The van der Waals surface area contributed by atoms with Crippen LogP contribution < -0.4 is 11.5 Å². The molecule has 0 bridgehead atoms. The third kappa shape index (κ3) is 10.5. The van der Waals surface area contributed by atoms with Crippen LogP contribution in [0.4, 0.5) is 22.0 Å². The van der Waals surface area contributed by atoms with Crippen LogP contribution in [0.5, 0.6) is 0 Å². The zero-order chi connectivity index (χ0) is 35.0. The van der Waals surface area contributed by atoms with Crippen LogP contribution in [0.2, 0.25) is 5.02 Å². The molecule has 4 rings (SSSR count). The van der Waals surface area contributed by atoms with E-state index in [-0.39, 0.29) is 28.8 Å². The lowest BCUT2D eigenvalue weighted by Crippen LogP contribution is -2.44. The molecule has 0 spiro atoms. The van der Waals surface area contributed by atoms with E-state index in [4.69, 9.17) is 26.9 Å². The van der Waals surface area contributed by atoms with Crippen molar-refractivity contribution < 1.29 is 36.3 Å². The SMILES string of the molecule is CC(C)(C)F.CC(C)(OCC(c1ccc(Cl)c(-c2ncnn2C(F)F)c1)N1C(=O)C(c2ccc(Br)cc2)N=C1N)C(F)F.NC=O. The molecule has 0 saturated carbocycles. The van der Waals surface area contributed by atoms with Crippen LogP contribution in [0.25, 0.3) is 11.4 Å². The van der Waals surface area contributed by atoms with E-state index in [1.807, 2.05) is 0 Å². The van der Waals surface area contributed by atoms with Gasteiger partial charge >= 0.3 is 6.55 Å². The molecule has 4 N–H and O–H groups in total. The molecule has 1 aliphatic rings. The summed E-state index contributed by atoms with van der Waals surface area (Å²) in [6.07, 6.45) is -1.63. The van der Waals surface area contributed by atoms with E-state index in [2.05, 4.69) is 36.7 Å². The normalized spacial score (nSPS) is 15.6. The fraction of sp³-hybridized carbons (Fsp3) is 0.414. The third-order valence-corrected chi connectivity index (χ3v) is 6.85. The lowest BCUT2D eigenvalue weighted by Gasteiger charge is -2.32. The predicted molar refractivity (Wildman–Crippen MR) is 167 cm³/mol. The second-order valence-electron chi connectivity index (χ2n) is 11.1. The van der Waals surface area contributed by atoms with Crippen molar-refractivity contribution in [2.45, 2.75) is 70.9 Å². The number of nitrogens with two attached hydrogens (primary N) is 2.